The molecule has 160 valence electrons. The SMILES string of the molecule is CCOc1ccc(NC(=O)CC2CC3CCC2C3)cc1S(=O)(=O)N1CCCCC1. The number of anilines is 1. The van der Waals surface area contributed by atoms with Crippen LogP contribution in [0.4, 0.5) is 5.69 Å². The van der Waals surface area contributed by atoms with Crippen molar-refractivity contribution in [2.75, 3.05) is 25.0 Å². The van der Waals surface area contributed by atoms with Crippen molar-refractivity contribution in [2.45, 2.75) is 63.2 Å². The van der Waals surface area contributed by atoms with E-state index in [1.165, 1.54) is 23.6 Å². The number of amides is 1. The minimum absolute atomic E-state index is 0.0203. The smallest absolute Gasteiger partial charge is 0.246 e. The number of hydrogen-bond donors (Lipinski definition) is 1. The molecule has 0 aromatic heterocycles. The minimum Gasteiger partial charge on any atom is -0.492 e. The van der Waals surface area contributed by atoms with Crippen molar-refractivity contribution in [3.8, 4) is 5.75 Å². The molecule has 29 heavy (non-hydrogen) atoms. The quantitative estimate of drug-likeness (QED) is 0.723. The van der Waals surface area contributed by atoms with Gasteiger partial charge in [0, 0.05) is 25.2 Å². The Kier molecular flexibility index (Phi) is 6.16. The molecule has 1 aromatic carbocycles. The van der Waals surface area contributed by atoms with Crippen molar-refractivity contribution >= 4 is 21.6 Å². The number of sulfonamides is 1. The monoisotopic (exact) mass is 420 g/mol. The summed E-state index contributed by atoms with van der Waals surface area (Å²) in [5.41, 5.74) is 0.525. The third-order valence-corrected chi connectivity index (χ3v) is 8.71. The number of nitrogens with zero attached hydrogens (tertiary/aromatic N) is 1. The zero-order chi connectivity index (χ0) is 20.4. The average Bonchev–Trinajstić information content (AvgIpc) is 3.33. The van der Waals surface area contributed by atoms with E-state index in [1.54, 1.807) is 18.2 Å². The number of piperidine rings is 1. The van der Waals surface area contributed by atoms with E-state index in [2.05, 4.69) is 5.32 Å². The number of ether oxygens (including phenoxy) is 1. The van der Waals surface area contributed by atoms with Crippen molar-refractivity contribution in [2.24, 2.45) is 17.8 Å². The highest BCUT2D eigenvalue weighted by atomic mass is 32.2. The molecule has 6 nitrogen and oxygen atoms in total. The van der Waals surface area contributed by atoms with Gasteiger partial charge in [-0.1, -0.05) is 12.8 Å². The van der Waals surface area contributed by atoms with Crippen LogP contribution in [0, 0.1) is 17.8 Å². The van der Waals surface area contributed by atoms with Gasteiger partial charge in [-0.05, 0) is 75.0 Å². The highest BCUT2D eigenvalue weighted by molar-refractivity contribution is 7.89. The van der Waals surface area contributed by atoms with Gasteiger partial charge in [0.2, 0.25) is 15.9 Å². The normalized spacial score (nSPS) is 27.1. The molecular weight excluding hydrogens is 388 g/mol. The molecule has 3 unspecified atom stereocenters. The Morgan fingerprint density at radius 2 is 1.97 bits per heavy atom. The maximum absolute atomic E-state index is 13.2. The standard InChI is InChI=1S/C22H32N2O4S/c1-2-28-20-9-8-19(15-21(20)29(26,27)24-10-4-3-5-11-24)23-22(25)14-18-13-16-6-7-17(18)12-16/h8-9,15-18H,2-7,10-14H2,1H3,(H,23,25). The Labute approximate surface area is 174 Å². The molecule has 1 aliphatic heterocycles. The highest BCUT2D eigenvalue weighted by Crippen LogP contribution is 2.49. The number of benzene rings is 1. The molecule has 3 aliphatic rings. The molecule has 0 spiro atoms. The van der Waals surface area contributed by atoms with E-state index in [0.717, 1.165) is 31.6 Å². The van der Waals surface area contributed by atoms with E-state index in [1.807, 2.05) is 6.92 Å². The summed E-state index contributed by atoms with van der Waals surface area (Å²) in [6.45, 7) is 3.30. The molecule has 7 heteroatoms. The Morgan fingerprint density at radius 3 is 2.62 bits per heavy atom. The van der Waals surface area contributed by atoms with Crippen LogP contribution in [0.25, 0.3) is 0 Å². The summed E-state index contributed by atoms with van der Waals surface area (Å²) in [5, 5.41) is 2.94. The Hall–Kier alpha value is -1.60. The van der Waals surface area contributed by atoms with Crippen molar-refractivity contribution in [1.29, 1.82) is 0 Å². The van der Waals surface area contributed by atoms with E-state index in [4.69, 9.17) is 4.74 Å². The molecule has 0 radical (unpaired) electrons. The first-order chi connectivity index (χ1) is 14.0. The number of carbonyl (C=O) groups excluding carboxylic acids is 1. The molecule has 1 N–H and O–H groups in total. The molecule has 2 aliphatic carbocycles. The molecule has 3 fully saturated rings. The van der Waals surface area contributed by atoms with Gasteiger partial charge in [0.25, 0.3) is 0 Å². The number of carbonyl (C=O) groups is 1. The number of hydrogen-bond acceptors (Lipinski definition) is 4. The maximum atomic E-state index is 13.2. The second-order valence-corrected chi connectivity index (χ2v) is 10.7. The molecule has 3 atom stereocenters. The fourth-order valence-corrected chi connectivity index (χ4v) is 7.06. The van der Waals surface area contributed by atoms with Gasteiger partial charge in [-0.2, -0.15) is 4.31 Å². The number of fused-ring (bicyclic) bond motifs is 2. The van der Waals surface area contributed by atoms with E-state index < -0.39 is 10.0 Å². The molecule has 2 saturated carbocycles. The summed E-state index contributed by atoms with van der Waals surface area (Å²) in [6, 6.07) is 4.96. The van der Waals surface area contributed by atoms with Gasteiger partial charge in [-0.15, -0.1) is 0 Å². The first-order valence-corrected chi connectivity index (χ1v) is 12.5. The fourth-order valence-electron chi connectivity index (χ4n) is 5.38. The van der Waals surface area contributed by atoms with Crippen LogP contribution >= 0.6 is 0 Å². The van der Waals surface area contributed by atoms with Crippen molar-refractivity contribution < 1.29 is 17.9 Å². The topological polar surface area (TPSA) is 75.7 Å². The lowest BCUT2D eigenvalue weighted by Gasteiger charge is -2.27. The van der Waals surface area contributed by atoms with Gasteiger partial charge in [-0.25, -0.2) is 8.42 Å². The molecule has 1 aromatic rings. The van der Waals surface area contributed by atoms with E-state index in [-0.39, 0.29) is 10.8 Å². The van der Waals surface area contributed by atoms with Gasteiger partial charge < -0.3 is 10.1 Å². The van der Waals surface area contributed by atoms with Crippen LogP contribution in [-0.2, 0) is 14.8 Å². The maximum Gasteiger partial charge on any atom is 0.246 e. The summed E-state index contributed by atoms with van der Waals surface area (Å²) in [4.78, 5) is 12.8. The molecule has 2 bridgehead atoms. The largest absolute Gasteiger partial charge is 0.492 e. The van der Waals surface area contributed by atoms with Crippen LogP contribution in [0.2, 0.25) is 0 Å². The number of rotatable bonds is 7. The lowest BCUT2D eigenvalue weighted by atomic mass is 9.86. The third-order valence-electron chi connectivity index (χ3n) is 6.79. The summed E-state index contributed by atoms with van der Waals surface area (Å²) in [7, 11) is -3.65. The van der Waals surface area contributed by atoms with Crippen LogP contribution in [0.5, 0.6) is 5.75 Å². The predicted octanol–water partition coefficient (Wildman–Crippen LogP) is 4.02. The van der Waals surface area contributed by atoms with Gasteiger partial charge in [0.05, 0.1) is 6.61 Å². The van der Waals surface area contributed by atoms with Crippen molar-refractivity contribution in [3.05, 3.63) is 18.2 Å². The van der Waals surface area contributed by atoms with Gasteiger partial charge in [-0.3, -0.25) is 4.79 Å². The van der Waals surface area contributed by atoms with E-state index >= 15 is 0 Å². The molecule has 1 amide bonds. The Bertz CT molecular complexity index is 848. The van der Waals surface area contributed by atoms with Crippen LogP contribution in [0.1, 0.15) is 58.3 Å². The minimum atomic E-state index is -3.65. The molecule has 4 rings (SSSR count). The Balaban J connectivity index is 1.50. The van der Waals surface area contributed by atoms with E-state index in [9.17, 15) is 13.2 Å². The van der Waals surface area contributed by atoms with Crippen LogP contribution in [0.15, 0.2) is 23.1 Å². The lowest BCUT2D eigenvalue weighted by molar-refractivity contribution is -0.117. The molecule has 1 heterocycles. The lowest BCUT2D eigenvalue weighted by Crippen LogP contribution is -2.35. The predicted molar refractivity (Wildman–Crippen MR) is 112 cm³/mol. The van der Waals surface area contributed by atoms with Gasteiger partial charge in [0.1, 0.15) is 10.6 Å². The zero-order valence-electron chi connectivity index (χ0n) is 17.2. The fraction of sp³-hybridized carbons (Fsp3) is 0.682. The van der Waals surface area contributed by atoms with Crippen LogP contribution in [-0.4, -0.2) is 38.3 Å². The average molecular weight is 421 g/mol. The Morgan fingerprint density at radius 1 is 1.17 bits per heavy atom. The second kappa shape index (κ2) is 8.64. The highest BCUT2D eigenvalue weighted by Gasteiger charge is 2.40. The van der Waals surface area contributed by atoms with Crippen molar-refractivity contribution in [1.82, 2.24) is 4.31 Å². The molecular formula is C22H32N2O4S. The number of nitrogens with one attached hydrogen (secondary N) is 1. The van der Waals surface area contributed by atoms with Gasteiger partial charge in [0.15, 0.2) is 0 Å². The first-order valence-electron chi connectivity index (χ1n) is 11.0. The summed E-state index contributed by atoms with van der Waals surface area (Å²) in [6.07, 6.45) is 8.36. The third kappa shape index (κ3) is 4.45. The summed E-state index contributed by atoms with van der Waals surface area (Å²) >= 11 is 0. The van der Waals surface area contributed by atoms with E-state index in [0.29, 0.717) is 49.4 Å². The van der Waals surface area contributed by atoms with Crippen LogP contribution in [0.3, 0.4) is 0 Å². The van der Waals surface area contributed by atoms with Crippen LogP contribution < -0.4 is 10.1 Å². The first kappa shape index (κ1) is 20.7. The van der Waals surface area contributed by atoms with Crippen molar-refractivity contribution in [3.63, 3.8) is 0 Å². The summed E-state index contributed by atoms with van der Waals surface area (Å²) in [5.74, 6) is 2.32. The zero-order valence-corrected chi connectivity index (χ0v) is 18.0. The van der Waals surface area contributed by atoms with Gasteiger partial charge >= 0.3 is 0 Å². The summed E-state index contributed by atoms with van der Waals surface area (Å²) < 4.78 is 33.6. The molecule has 1 saturated heterocycles. The second-order valence-electron chi connectivity index (χ2n) is 8.75.